The molecule has 0 aliphatic carbocycles. The highest BCUT2D eigenvalue weighted by molar-refractivity contribution is 6.31. The molecule has 1 aliphatic heterocycles. The molecule has 1 unspecified atom stereocenters. The summed E-state index contributed by atoms with van der Waals surface area (Å²) in [5.74, 6) is -0.0625. The summed E-state index contributed by atoms with van der Waals surface area (Å²) >= 11 is 5.82. The number of ketones is 1. The zero-order valence-corrected chi connectivity index (χ0v) is 8.96. The highest BCUT2D eigenvalue weighted by atomic mass is 35.5. The van der Waals surface area contributed by atoms with E-state index in [1.165, 1.54) is 0 Å². The van der Waals surface area contributed by atoms with Crippen molar-refractivity contribution in [1.29, 1.82) is 0 Å². The summed E-state index contributed by atoms with van der Waals surface area (Å²) in [6.07, 6.45) is 1.35. The third-order valence-electron chi connectivity index (χ3n) is 2.50. The van der Waals surface area contributed by atoms with E-state index in [2.05, 4.69) is 0 Å². The summed E-state index contributed by atoms with van der Waals surface area (Å²) in [4.78, 5) is 12.0. The third-order valence-corrected chi connectivity index (χ3v) is 2.74. The highest BCUT2D eigenvalue weighted by Gasteiger charge is 2.26. The first-order valence-corrected chi connectivity index (χ1v) is 5.27. The Bertz CT molecular complexity index is 386. The number of anilines is 1. The summed E-state index contributed by atoms with van der Waals surface area (Å²) in [6, 6.07) is 4.91. The molecule has 3 nitrogen and oxygen atoms in total. The van der Waals surface area contributed by atoms with E-state index in [-0.39, 0.29) is 11.9 Å². The molecule has 0 aromatic heterocycles. The Labute approximate surface area is 93.2 Å². The van der Waals surface area contributed by atoms with Gasteiger partial charge in [-0.25, -0.2) is 0 Å². The largest absolute Gasteiger partial charge is 0.398 e. The predicted octanol–water partition coefficient (Wildman–Crippen LogP) is 2.28. The van der Waals surface area contributed by atoms with E-state index in [1.54, 1.807) is 18.2 Å². The average Bonchev–Trinajstić information content (AvgIpc) is 2.74. The van der Waals surface area contributed by atoms with Gasteiger partial charge in [0, 0.05) is 22.9 Å². The molecule has 0 amide bonds. The van der Waals surface area contributed by atoms with E-state index in [9.17, 15) is 4.79 Å². The summed E-state index contributed by atoms with van der Waals surface area (Å²) in [6.45, 7) is 0.650. The van der Waals surface area contributed by atoms with Gasteiger partial charge in [0.1, 0.15) is 6.10 Å². The molecule has 15 heavy (non-hydrogen) atoms. The SMILES string of the molecule is Nc1ccc(Cl)cc1C(=O)C1CCCO1. The molecule has 80 valence electrons. The van der Waals surface area contributed by atoms with E-state index < -0.39 is 0 Å². The molecule has 1 atom stereocenters. The summed E-state index contributed by atoms with van der Waals surface area (Å²) in [7, 11) is 0. The lowest BCUT2D eigenvalue weighted by atomic mass is 10.0. The zero-order chi connectivity index (χ0) is 10.8. The second-order valence-corrected chi connectivity index (χ2v) is 4.03. The monoisotopic (exact) mass is 225 g/mol. The molecule has 4 heteroatoms. The first-order valence-electron chi connectivity index (χ1n) is 4.89. The Hall–Kier alpha value is -1.06. The minimum absolute atomic E-state index is 0.0625. The number of benzene rings is 1. The Morgan fingerprint density at radius 3 is 3.00 bits per heavy atom. The molecule has 1 saturated heterocycles. The van der Waals surface area contributed by atoms with Gasteiger partial charge in [0.15, 0.2) is 5.78 Å². The minimum atomic E-state index is -0.342. The minimum Gasteiger partial charge on any atom is -0.398 e. The van der Waals surface area contributed by atoms with Crippen molar-refractivity contribution in [2.45, 2.75) is 18.9 Å². The van der Waals surface area contributed by atoms with Gasteiger partial charge in [0.05, 0.1) is 0 Å². The Morgan fingerprint density at radius 2 is 2.33 bits per heavy atom. The van der Waals surface area contributed by atoms with Crippen molar-refractivity contribution in [3.05, 3.63) is 28.8 Å². The molecule has 0 bridgehead atoms. The fraction of sp³-hybridized carbons (Fsp3) is 0.364. The predicted molar refractivity (Wildman–Crippen MR) is 59.2 cm³/mol. The van der Waals surface area contributed by atoms with Crippen LogP contribution in [0.1, 0.15) is 23.2 Å². The molecule has 2 N–H and O–H groups in total. The number of Topliss-reactive ketones (excluding diaryl/α,β-unsaturated/α-hetero) is 1. The van der Waals surface area contributed by atoms with E-state index in [1.807, 2.05) is 0 Å². The van der Waals surface area contributed by atoms with Crippen LogP contribution in [0.3, 0.4) is 0 Å². The van der Waals surface area contributed by atoms with Gasteiger partial charge in [-0.2, -0.15) is 0 Å². The number of carbonyl (C=O) groups excluding carboxylic acids is 1. The smallest absolute Gasteiger partial charge is 0.193 e. The number of carbonyl (C=O) groups is 1. The van der Waals surface area contributed by atoms with Crippen LogP contribution in [0.2, 0.25) is 5.02 Å². The second kappa shape index (κ2) is 4.21. The van der Waals surface area contributed by atoms with Crippen molar-refractivity contribution in [3.8, 4) is 0 Å². The maximum absolute atomic E-state index is 12.0. The normalized spacial score (nSPS) is 20.5. The van der Waals surface area contributed by atoms with Crippen LogP contribution in [0.15, 0.2) is 18.2 Å². The highest BCUT2D eigenvalue weighted by Crippen LogP contribution is 2.23. The maximum atomic E-state index is 12.0. The Morgan fingerprint density at radius 1 is 1.53 bits per heavy atom. The molecule has 1 aromatic carbocycles. The van der Waals surface area contributed by atoms with Crippen molar-refractivity contribution < 1.29 is 9.53 Å². The van der Waals surface area contributed by atoms with Gasteiger partial charge in [-0.1, -0.05) is 11.6 Å². The lowest BCUT2D eigenvalue weighted by Gasteiger charge is -2.10. The van der Waals surface area contributed by atoms with E-state index >= 15 is 0 Å². The van der Waals surface area contributed by atoms with Crippen LogP contribution in [-0.4, -0.2) is 18.5 Å². The molecule has 1 aromatic rings. The fourth-order valence-corrected chi connectivity index (χ4v) is 1.87. The summed E-state index contributed by atoms with van der Waals surface area (Å²) in [5.41, 5.74) is 6.65. The molecule has 1 fully saturated rings. The van der Waals surface area contributed by atoms with Crippen LogP contribution in [0, 0.1) is 0 Å². The van der Waals surface area contributed by atoms with Crippen molar-refractivity contribution in [2.75, 3.05) is 12.3 Å². The molecule has 0 saturated carbocycles. The lowest BCUT2D eigenvalue weighted by molar-refractivity contribution is 0.0644. The first-order chi connectivity index (χ1) is 7.18. The van der Waals surface area contributed by atoms with Crippen molar-refractivity contribution >= 4 is 23.1 Å². The zero-order valence-electron chi connectivity index (χ0n) is 8.20. The van der Waals surface area contributed by atoms with Crippen molar-refractivity contribution in [2.24, 2.45) is 0 Å². The van der Waals surface area contributed by atoms with Crippen molar-refractivity contribution in [3.63, 3.8) is 0 Å². The number of hydrogen-bond donors (Lipinski definition) is 1. The standard InChI is InChI=1S/C11H12ClNO2/c12-7-3-4-9(13)8(6-7)11(14)10-2-1-5-15-10/h3-4,6,10H,1-2,5,13H2. The topological polar surface area (TPSA) is 52.3 Å². The number of ether oxygens (including phenoxy) is 1. The molecule has 1 heterocycles. The van der Waals surface area contributed by atoms with Crippen LogP contribution >= 0.6 is 11.6 Å². The van der Waals surface area contributed by atoms with Crippen LogP contribution in [0.4, 0.5) is 5.69 Å². The van der Waals surface area contributed by atoms with Gasteiger partial charge in [-0.3, -0.25) is 4.79 Å². The third kappa shape index (κ3) is 2.13. The van der Waals surface area contributed by atoms with Gasteiger partial charge >= 0.3 is 0 Å². The molecule has 0 spiro atoms. The summed E-state index contributed by atoms with van der Waals surface area (Å²) < 4.78 is 5.32. The van der Waals surface area contributed by atoms with Crippen LogP contribution in [0.25, 0.3) is 0 Å². The first kappa shape index (κ1) is 10.5. The van der Waals surface area contributed by atoms with Crippen LogP contribution < -0.4 is 5.73 Å². The average molecular weight is 226 g/mol. The molecule has 1 aliphatic rings. The van der Waals surface area contributed by atoms with Crippen molar-refractivity contribution in [1.82, 2.24) is 0 Å². The van der Waals surface area contributed by atoms with Gasteiger partial charge < -0.3 is 10.5 Å². The maximum Gasteiger partial charge on any atom is 0.193 e. The van der Waals surface area contributed by atoms with Gasteiger partial charge in [-0.15, -0.1) is 0 Å². The number of nitrogens with two attached hydrogens (primary N) is 1. The van der Waals surface area contributed by atoms with Gasteiger partial charge in [0.25, 0.3) is 0 Å². The Kier molecular flexibility index (Phi) is 2.93. The quantitative estimate of drug-likeness (QED) is 0.621. The second-order valence-electron chi connectivity index (χ2n) is 3.60. The number of hydrogen-bond acceptors (Lipinski definition) is 3. The molecule has 0 radical (unpaired) electrons. The summed E-state index contributed by atoms with van der Waals surface area (Å²) in [5, 5.41) is 0.519. The molecular formula is C11H12ClNO2. The number of rotatable bonds is 2. The number of nitrogen functional groups attached to an aromatic ring is 1. The van der Waals surface area contributed by atoms with E-state index in [4.69, 9.17) is 22.1 Å². The van der Waals surface area contributed by atoms with Crippen LogP contribution in [0.5, 0.6) is 0 Å². The van der Waals surface area contributed by atoms with Crippen LogP contribution in [-0.2, 0) is 4.74 Å². The Balaban J connectivity index is 2.27. The number of halogens is 1. The fourth-order valence-electron chi connectivity index (χ4n) is 1.70. The van der Waals surface area contributed by atoms with E-state index in [0.29, 0.717) is 22.9 Å². The van der Waals surface area contributed by atoms with E-state index in [0.717, 1.165) is 12.8 Å². The van der Waals surface area contributed by atoms with Gasteiger partial charge in [-0.05, 0) is 31.0 Å². The van der Waals surface area contributed by atoms with Gasteiger partial charge in [0.2, 0.25) is 0 Å². The lowest BCUT2D eigenvalue weighted by Crippen LogP contribution is -2.20. The molecule has 2 rings (SSSR count). The molecular weight excluding hydrogens is 214 g/mol.